The summed E-state index contributed by atoms with van der Waals surface area (Å²) in [7, 11) is 0. The summed E-state index contributed by atoms with van der Waals surface area (Å²) in [6, 6.07) is 6.12. The molecule has 370 valence electrons. The number of hydrogen-bond donors (Lipinski definition) is 11. The molecule has 0 unspecified atom stereocenters. The molecule has 0 saturated heterocycles. The highest BCUT2D eigenvalue weighted by Gasteiger charge is 2.35. The second kappa shape index (κ2) is 27.7. The van der Waals surface area contributed by atoms with Crippen molar-refractivity contribution in [2.45, 2.75) is 122 Å². The minimum atomic E-state index is -1.39. The van der Waals surface area contributed by atoms with Crippen molar-refractivity contribution >= 4 is 64.2 Å². The molecule has 2 aromatic carbocycles. The summed E-state index contributed by atoms with van der Waals surface area (Å²) in [5, 5.41) is 34.0. The fourth-order valence-corrected chi connectivity index (χ4v) is 7.52. The van der Waals surface area contributed by atoms with E-state index in [-0.39, 0.29) is 62.4 Å². The number of thioether (sulfide) groups is 1. The summed E-state index contributed by atoms with van der Waals surface area (Å²) >= 11 is 0.764. The number of aliphatic carboxylic acids is 1. The Balaban J connectivity index is 1.85. The zero-order valence-corrected chi connectivity index (χ0v) is 39.6. The van der Waals surface area contributed by atoms with E-state index in [9.17, 15) is 48.3 Å². The molecule has 22 heteroatoms. The maximum absolute atomic E-state index is 14.2. The lowest BCUT2D eigenvalue weighted by atomic mass is 9.99. The monoisotopic (exact) mass is 964 g/mol. The van der Waals surface area contributed by atoms with Crippen LogP contribution in [0.25, 0.3) is 0 Å². The summed E-state index contributed by atoms with van der Waals surface area (Å²) in [6.07, 6.45) is 1.99. The van der Waals surface area contributed by atoms with E-state index in [2.05, 4.69) is 41.9 Å². The first kappa shape index (κ1) is 55.5. The van der Waals surface area contributed by atoms with Gasteiger partial charge in [-0.15, -0.1) is 0 Å². The second-order valence-corrected chi connectivity index (χ2v) is 18.2. The van der Waals surface area contributed by atoms with Crippen molar-refractivity contribution in [1.29, 1.82) is 0 Å². The number of nitrogens with one attached hydrogen (secondary N) is 7. The third kappa shape index (κ3) is 19.6. The fourth-order valence-electron chi connectivity index (χ4n) is 6.73. The lowest BCUT2D eigenvalue weighted by molar-refractivity contribution is -0.136. The van der Waals surface area contributed by atoms with Gasteiger partial charge in [0.1, 0.15) is 36.0 Å². The number of carbonyl (C=O) groups is 9. The maximum atomic E-state index is 14.2. The van der Waals surface area contributed by atoms with Crippen molar-refractivity contribution in [1.82, 2.24) is 41.9 Å². The van der Waals surface area contributed by atoms with Gasteiger partial charge in [0, 0.05) is 36.9 Å². The summed E-state index contributed by atoms with van der Waals surface area (Å²) in [4.78, 5) is 126. The number of nitrogens with zero attached hydrogens (tertiary/aromatic N) is 1. The van der Waals surface area contributed by atoms with Gasteiger partial charge in [-0.05, 0) is 61.3 Å². The minimum absolute atomic E-state index is 0.0114. The second-order valence-electron chi connectivity index (χ2n) is 17.1. The van der Waals surface area contributed by atoms with Crippen LogP contribution in [0.5, 0.6) is 5.75 Å². The Hall–Kier alpha value is -6.81. The number of primary amides is 1. The molecule has 1 aromatic heterocycles. The summed E-state index contributed by atoms with van der Waals surface area (Å²) in [6.45, 7) is 8.42. The zero-order chi connectivity index (χ0) is 50.5. The van der Waals surface area contributed by atoms with E-state index in [1.54, 1.807) is 56.3 Å². The minimum Gasteiger partial charge on any atom is -0.508 e. The Bertz CT molecular complexity index is 2180. The van der Waals surface area contributed by atoms with Gasteiger partial charge in [-0.25, -0.2) is 4.98 Å². The Morgan fingerprint density at radius 3 is 1.81 bits per heavy atom. The number of carboxylic acids is 1. The van der Waals surface area contributed by atoms with Crippen molar-refractivity contribution in [2.75, 3.05) is 5.75 Å². The number of imidazole rings is 1. The quantitative estimate of drug-likeness (QED) is 0.0460. The molecule has 7 atom stereocenters. The van der Waals surface area contributed by atoms with Crippen LogP contribution in [-0.4, -0.2) is 121 Å². The van der Waals surface area contributed by atoms with Gasteiger partial charge in [0.25, 0.3) is 0 Å². The molecule has 3 aromatic rings. The van der Waals surface area contributed by atoms with Crippen molar-refractivity contribution in [2.24, 2.45) is 23.3 Å². The predicted octanol–water partition coefficient (Wildman–Crippen LogP) is 0.101. The molecule has 0 spiro atoms. The van der Waals surface area contributed by atoms with Gasteiger partial charge < -0.3 is 58.6 Å². The molecule has 0 aliphatic rings. The third-order valence-electron chi connectivity index (χ3n) is 10.4. The Labute approximate surface area is 398 Å². The van der Waals surface area contributed by atoms with E-state index in [0.717, 1.165) is 11.8 Å². The number of aromatic nitrogens is 2. The smallest absolute Gasteiger partial charge is 0.304 e. The first-order valence-electron chi connectivity index (χ1n) is 22.2. The molecule has 1 heterocycles. The Morgan fingerprint density at radius 1 is 0.662 bits per heavy atom. The van der Waals surface area contributed by atoms with Crippen LogP contribution in [0.2, 0.25) is 0 Å². The highest BCUT2D eigenvalue weighted by molar-refractivity contribution is 8.13. The predicted molar refractivity (Wildman–Crippen MR) is 252 cm³/mol. The molecule has 21 nitrogen and oxygen atoms in total. The van der Waals surface area contributed by atoms with Crippen molar-refractivity contribution in [3.63, 3.8) is 0 Å². The fraction of sp³-hybridized carbons (Fsp3) is 0.478. The van der Waals surface area contributed by atoms with Crippen LogP contribution in [-0.2, 0) is 62.4 Å². The van der Waals surface area contributed by atoms with E-state index in [0.29, 0.717) is 16.8 Å². The third-order valence-corrected chi connectivity index (χ3v) is 11.5. The van der Waals surface area contributed by atoms with Crippen molar-refractivity contribution < 1.29 is 53.4 Å². The van der Waals surface area contributed by atoms with Crippen LogP contribution < -0.4 is 43.4 Å². The summed E-state index contributed by atoms with van der Waals surface area (Å²) < 4.78 is 0. The standard InChI is InChI=1S/C46H64N10O11S/c1-25(2)19-34(42(63)51-27(5)46(67)68-18-17-38(59)60)53-43(64)35(21-28-9-7-6-8-10-28)55-45(66)39(26(3)4)56-44(65)36(22-30-23-49-24-50-30)54-41(62)33(15-16-37(48)58)52-40(61)32(47)20-29-11-13-31(57)14-12-29/h6-14,23-27,32-36,39,57H,15-22,47H2,1-5H3,(H2,48,58)(H,49,50)(H,51,63)(H,52,61)(H,53,64)(H,54,62)(H,55,66)(H,56,65)(H,59,60)/t27-,32-,33-,34-,35-,36-,39-/m0/s1. The average molecular weight is 965 g/mol. The number of amides is 7. The summed E-state index contributed by atoms with van der Waals surface area (Å²) in [5.41, 5.74) is 13.2. The molecule has 7 amide bonds. The molecule has 68 heavy (non-hydrogen) atoms. The van der Waals surface area contributed by atoms with Crippen LogP contribution in [0.15, 0.2) is 67.1 Å². The number of aromatic hydroxyl groups is 1. The van der Waals surface area contributed by atoms with E-state index in [4.69, 9.17) is 16.6 Å². The normalized spacial score (nSPS) is 14.2. The van der Waals surface area contributed by atoms with Crippen LogP contribution >= 0.6 is 11.8 Å². The average Bonchev–Trinajstić information content (AvgIpc) is 3.79. The van der Waals surface area contributed by atoms with Crippen LogP contribution in [0.4, 0.5) is 0 Å². The molecule has 0 fully saturated rings. The molecule has 0 saturated carbocycles. The van der Waals surface area contributed by atoms with Gasteiger partial charge in [0.05, 0.1) is 24.8 Å². The number of nitrogens with two attached hydrogens (primary N) is 2. The molecular weight excluding hydrogens is 901 g/mol. The largest absolute Gasteiger partial charge is 0.508 e. The van der Waals surface area contributed by atoms with Crippen LogP contribution in [0.1, 0.15) is 77.1 Å². The lowest BCUT2D eigenvalue weighted by Crippen LogP contribution is -2.61. The Kier molecular flexibility index (Phi) is 22.6. The number of hydrogen-bond acceptors (Lipinski definition) is 13. The van der Waals surface area contributed by atoms with E-state index in [1.165, 1.54) is 31.6 Å². The topological polar surface area (TPSA) is 347 Å². The first-order chi connectivity index (χ1) is 32.1. The number of phenolic OH excluding ortho intramolecular Hbond substituents is 1. The lowest BCUT2D eigenvalue weighted by Gasteiger charge is -2.29. The van der Waals surface area contributed by atoms with Gasteiger partial charge in [-0.2, -0.15) is 0 Å². The molecule has 3 rings (SSSR count). The number of carbonyl (C=O) groups excluding carboxylic acids is 8. The van der Waals surface area contributed by atoms with Gasteiger partial charge in [-0.3, -0.25) is 43.2 Å². The molecule has 0 bridgehead atoms. The zero-order valence-electron chi connectivity index (χ0n) is 38.8. The number of carboxylic acid groups (broad SMARTS) is 1. The highest BCUT2D eigenvalue weighted by Crippen LogP contribution is 2.14. The number of rotatable bonds is 28. The molecule has 0 aliphatic heterocycles. The van der Waals surface area contributed by atoms with Crippen molar-refractivity contribution in [3.05, 3.63) is 83.9 Å². The SMILES string of the molecule is CC(C)C[C@H](NC(=O)[C@H](Cc1ccccc1)NC(=O)[C@@H](NC(=O)[C@H](Cc1cnc[nH]1)NC(=O)[C@H](CCC(N)=O)NC(=O)[C@@H](N)Cc1ccc(O)cc1)C(C)C)C(=O)N[C@@H](C)C(=O)SCCC(=O)O. The number of aromatic amines is 1. The van der Waals surface area contributed by atoms with Gasteiger partial charge in [0.2, 0.25) is 46.5 Å². The van der Waals surface area contributed by atoms with Gasteiger partial charge in [0.15, 0.2) is 0 Å². The highest BCUT2D eigenvalue weighted by atomic mass is 32.2. The molecule has 0 radical (unpaired) electrons. The van der Waals surface area contributed by atoms with Gasteiger partial charge >= 0.3 is 5.97 Å². The first-order valence-corrected chi connectivity index (χ1v) is 23.2. The van der Waals surface area contributed by atoms with Crippen LogP contribution in [0.3, 0.4) is 0 Å². The Morgan fingerprint density at radius 2 is 1.22 bits per heavy atom. The number of phenols is 1. The number of H-pyrrole nitrogens is 1. The molecule has 0 aliphatic carbocycles. The van der Waals surface area contributed by atoms with Crippen molar-refractivity contribution in [3.8, 4) is 5.75 Å². The van der Waals surface area contributed by atoms with E-state index in [1.807, 2.05) is 13.8 Å². The van der Waals surface area contributed by atoms with Gasteiger partial charge in [-0.1, -0.05) is 81.9 Å². The maximum Gasteiger partial charge on any atom is 0.304 e. The van der Waals surface area contributed by atoms with Crippen LogP contribution in [0, 0.1) is 11.8 Å². The molecule has 13 N–H and O–H groups in total. The summed E-state index contributed by atoms with van der Waals surface area (Å²) in [5.74, 6) is -7.10. The van der Waals surface area contributed by atoms with E-state index >= 15 is 0 Å². The molecular formula is C46H64N10O11S. The van der Waals surface area contributed by atoms with E-state index < -0.39 is 101 Å². The number of benzene rings is 2.